The van der Waals surface area contributed by atoms with E-state index in [1.807, 2.05) is 30.1 Å². The molecule has 5 nitrogen and oxygen atoms in total. The van der Waals surface area contributed by atoms with Gasteiger partial charge < -0.3 is 10.0 Å². The van der Waals surface area contributed by atoms with Gasteiger partial charge in [-0.3, -0.25) is 4.68 Å². The van der Waals surface area contributed by atoms with Gasteiger partial charge in [-0.2, -0.15) is 5.10 Å². The Balaban J connectivity index is 1.52. The molecule has 1 saturated heterocycles. The van der Waals surface area contributed by atoms with Crippen LogP contribution in [-0.4, -0.2) is 45.4 Å². The quantitative estimate of drug-likeness (QED) is 0.921. The van der Waals surface area contributed by atoms with Gasteiger partial charge in [0.05, 0.1) is 11.3 Å². The van der Waals surface area contributed by atoms with E-state index >= 15 is 0 Å². The standard InChI is InChI=1S/C18H23N3O2/c1-20-10-9-17(19-20)15-7-12-21(13-8-15)11-6-14-4-2-3-5-16(14)18(22)23/h2-5,9-10,15H,6-8,11-13H2,1H3,(H,22,23). The van der Waals surface area contributed by atoms with Crippen LogP contribution in [0.1, 0.15) is 40.4 Å². The normalized spacial score (nSPS) is 16.6. The zero-order valence-corrected chi connectivity index (χ0v) is 13.5. The lowest BCUT2D eigenvalue weighted by atomic mass is 9.93. The van der Waals surface area contributed by atoms with Crippen LogP contribution in [0, 0.1) is 0 Å². The van der Waals surface area contributed by atoms with Crippen molar-refractivity contribution in [2.24, 2.45) is 7.05 Å². The second kappa shape index (κ2) is 6.96. The van der Waals surface area contributed by atoms with Crippen LogP contribution in [-0.2, 0) is 13.5 Å². The Morgan fingerprint density at radius 2 is 2.00 bits per heavy atom. The molecule has 2 heterocycles. The molecule has 0 unspecified atom stereocenters. The van der Waals surface area contributed by atoms with Crippen molar-refractivity contribution in [3.8, 4) is 0 Å². The average Bonchev–Trinajstić information content (AvgIpc) is 3.00. The van der Waals surface area contributed by atoms with E-state index in [0.717, 1.165) is 44.5 Å². The molecule has 0 atom stereocenters. The van der Waals surface area contributed by atoms with Gasteiger partial charge in [0.15, 0.2) is 0 Å². The molecule has 1 fully saturated rings. The molecule has 0 bridgehead atoms. The number of carboxylic acid groups (broad SMARTS) is 1. The summed E-state index contributed by atoms with van der Waals surface area (Å²) >= 11 is 0. The molecule has 1 aliphatic heterocycles. The summed E-state index contributed by atoms with van der Waals surface area (Å²) in [6.07, 6.45) is 5.04. The second-order valence-corrected chi connectivity index (χ2v) is 6.24. The van der Waals surface area contributed by atoms with Crippen molar-refractivity contribution in [1.29, 1.82) is 0 Å². The van der Waals surface area contributed by atoms with E-state index in [9.17, 15) is 9.90 Å². The van der Waals surface area contributed by atoms with Gasteiger partial charge in [0.25, 0.3) is 0 Å². The maximum absolute atomic E-state index is 11.3. The highest BCUT2D eigenvalue weighted by Gasteiger charge is 2.22. The van der Waals surface area contributed by atoms with Gasteiger partial charge in [-0.1, -0.05) is 18.2 Å². The predicted octanol–water partition coefficient (Wildman–Crippen LogP) is 2.54. The molecule has 0 aliphatic carbocycles. The molecule has 3 rings (SSSR count). The number of hydrogen-bond donors (Lipinski definition) is 1. The zero-order valence-electron chi connectivity index (χ0n) is 13.5. The Hall–Kier alpha value is -2.14. The van der Waals surface area contributed by atoms with Crippen molar-refractivity contribution >= 4 is 5.97 Å². The molecule has 23 heavy (non-hydrogen) atoms. The van der Waals surface area contributed by atoms with Crippen LogP contribution < -0.4 is 0 Å². The number of rotatable bonds is 5. The van der Waals surface area contributed by atoms with E-state index in [-0.39, 0.29) is 0 Å². The molecule has 0 amide bonds. The van der Waals surface area contributed by atoms with E-state index < -0.39 is 5.97 Å². The first kappa shape index (κ1) is 15.7. The third-order valence-electron chi connectivity index (χ3n) is 4.69. The van der Waals surface area contributed by atoms with Crippen molar-refractivity contribution in [1.82, 2.24) is 14.7 Å². The minimum atomic E-state index is -0.838. The smallest absolute Gasteiger partial charge is 0.335 e. The van der Waals surface area contributed by atoms with Crippen molar-refractivity contribution < 1.29 is 9.90 Å². The highest BCUT2D eigenvalue weighted by molar-refractivity contribution is 5.89. The third-order valence-corrected chi connectivity index (χ3v) is 4.69. The Bertz CT molecular complexity index is 672. The van der Waals surface area contributed by atoms with Crippen LogP contribution in [0.25, 0.3) is 0 Å². The maximum atomic E-state index is 11.3. The molecule has 1 N–H and O–H groups in total. The maximum Gasteiger partial charge on any atom is 0.335 e. The van der Waals surface area contributed by atoms with Crippen LogP contribution in [0.4, 0.5) is 0 Å². The van der Waals surface area contributed by atoms with Crippen LogP contribution in [0.2, 0.25) is 0 Å². The van der Waals surface area contributed by atoms with Crippen molar-refractivity contribution in [2.75, 3.05) is 19.6 Å². The average molecular weight is 313 g/mol. The number of aromatic carboxylic acids is 1. The van der Waals surface area contributed by atoms with Crippen molar-refractivity contribution in [2.45, 2.75) is 25.2 Å². The highest BCUT2D eigenvalue weighted by Crippen LogP contribution is 2.26. The summed E-state index contributed by atoms with van der Waals surface area (Å²) in [5.41, 5.74) is 2.55. The van der Waals surface area contributed by atoms with Gasteiger partial charge in [-0.05, 0) is 50.0 Å². The number of carboxylic acids is 1. The number of hydrogen-bond acceptors (Lipinski definition) is 3. The first-order valence-corrected chi connectivity index (χ1v) is 8.16. The Kier molecular flexibility index (Phi) is 4.76. The number of likely N-dealkylation sites (tertiary alicyclic amines) is 1. The van der Waals surface area contributed by atoms with Crippen molar-refractivity contribution in [3.63, 3.8) is 0 Å². The van der Waals surface area contributed by atoms with Crippen molar-refractivity contribution in [3.05, 3.63) is 53.3 Å². The lowest BCUT2D eigenvalue weighted by Gasteiger charge is -2.31. The molecule has 2 aromatic rings. The van der Waals surface area contributed by atoms with E-state index in [0.29, 0.717) is 11.5 Å². The summed E-state index contributed by atoms with van der Waals surface area (Å²) < 4.78 is 1.87. The third kappa shape index (κ3) is 3.79. The van der Waals surface area contributed by atoms with Crippen LogP contribution in [0.15, 0.2) is 36.5 Å². The SMILES string of the molecule is Cn1ccc(C2CCN(CCc3ccccc3C(=O)O)CC2)n1. The molecule has 0 spiro atoms. The molecule has 1 aliphatic rings. The Morgan fingerprint density at radius 1 is 1.26 bits per heavy atom. The van der Waals surface area contributed by atoms with Gasteiger partial charge in [0, 0.05) is 25.7 Å². The van der Waals surface area contributed by atoms with Gasteiger partial charge >= 0.3 is 5.97 Å². The summed E-state index contributed by atoms with van der Waals surface area (Å²) in [4.78, 5) is 13.7. The molecular formula is C18H23N3O2. The molecule has 1 aromatic carbocycles. The minimum Gasteiger partial charge on any atom is -0.478 e. The lowest BCUT2D eigenvalue weighted by molar-refractivity contribution is 0.0695. The van der Waals surface area contributed by atoms with Gasteiger partial charge in [-0.25, -0.2) is 4.79 Å². The van der Waals surface area contributed by atoms with Crippen LogP contribution >= 0.6 is 0 Å². The summed E-state index contributed by atoms with van der Waals surface area (Å²) in [5.74, 6) is -0.284. The Labute approximate surface area is 136 Å². The van der Waals surface area contributed by atoms with E-state index in [4.69, 9.17) is 0 Å². The fourth-order valence-corrected chi connectivity index (χ4v) is 3.33. The second-order valence-electron chi connectivity index (χ2n) is 6.24. The lowest BCUT2D eigenvalue weighted by Crippen LogP contribution is -2.34. The molecular weight excluding hydrogens is 290 g/mol. The van der Waals surface area contributed by atoms with E-state index in [1.54, 1.807) is 12.1 Å². The fourth-order valence-electron chi connectivity index (χ4n) is 3.33. The molecule has 122 valence electrons. The van der Waals surface area contributed by atoms with Crippen LogP contribution in [0.5, 0.6) is 0 Å². The number of aryl methyl sites for hydroxylation is 1. The molecule has 5 heteroatoms. The molecule has 0 saturated carbocycles. The predicted molar refractivity (Wildman–Crippen MR) is 88.7 cm³/mol. The summed E-state index contributed by atoms with van der Waals surface area (Å²) in [7, 11) is 1.96. The first-order valence-electron chi connectivity index (χ1n) is 8.16. The molecule has 1 aromatic heterocycles. The largest absolute Gasteiger partial charge is 0.478 e. The number of benzene rings is 1. The topological polar surface area (TPSA) is 58.4 Å². The summed E-state index contributed by atoms with van der Waals surface area (Å²) in [6.45, 7) is 3.02. The Morgan fingerprint density at radius 3 is 2.65 bits per heavy atom. The fraction of sp³-hybridized carbons (Fsp3) is 0.444. The van der Waals surface area contributed by atoms with Gasteiger partial charge in [0.2, 0.25) is 0 Å². The zero-order chi connectivity index (χ0) is 16.2. The number of nitrogens with zero attached hydrogens (tertiary/aromatic N) is 3. The molecule has 0 radical (unpaired) electrons. The van der Waals surface area contributed by atoms with E-state index in [2.05, 4.69) is 16.1 Å². The first-order chi connectivity index (χ1) is 11.1. The van der Waals surface area contributed by atoms with Gasteiger partial charge in [0.1, 0.15) is 0 Å². The summed E-state index contributed by atoms with van der Waals surface area (Å²) in [6, 6.07) is 9.42. The number of aromatic nitrogens is 2. The number of carbonyl (C=O) groups is 1. The monoisotopic (exact) mass is 313 g/mol. The highest BCUT2D eigenvalue weighted by atomic mass is 16.4. The number of piperidine rings is 1. The minimum absolute atomic E-state index is 0.427. The van der Waals surface area contributed by atoms with Crippen LogP contribution in [0.3, 0.4) is 0 Å². The summed E-state index contributed by atoms with van der Waals surface area (Å²) in [5, 5.41) is 13.8. The van der Waals surface area contributed by atoms with E-state index in [1.165, 1.54) is 5.69 Å². The van der Waals surface area contributed by atoms with Gasteiger partial charge in [-0.15, -0.1) is 0 Å².